The third-order valence-corrected chi connectivity index (χ3v) is 5.33. The fourth-order valence-electron chi connectivity index (χ4n) is 2.90. The van der Waals surface area contributed by atoms with E-state index in [1.165, 1.54) is 11.3 Å². The normalized spacial score (nSPS) is 14.2. The van der Waals surface area contributed by atoms with Crippen molar-refractivity contribution in [1.82, 2.24) is 10.6 Å². The molecule has 5 nitrogen and oxygen atoms in total. The summed E-state index contributed by atoms with van der Waals surface area (Å²) in [6.45, 7) is 0.240. The first kappa shape index (κ1) is 17.4. The van der Waals surface area contributed by atoms with E-state index in [-0.39, 0.29) is 18.4 Å². The third kappa shape index (κ3) is 4.54. The Balaban J connectivity index is 1.52. The van der Waals surface area contributed by atoms with Gasteiger partial charge in [-0.1, -0.05) is 43.2 Å². The van der Waals surface area contributed by atoms with E-state index in [0.717, 1.165) is 30.6 Å². The quantitative estimate of drug-likeness (QED) is 0.639. The molecule has 1 aromatic carbocycles. The minimum atomic E-state index is -0.628. The summed E-state index contributed by atoms with van der Waals surface area (Å²) in [5, 5.41) is 5.37. The smallest absolute Gasteiger partial charge is 0.309 e. The van der Waals surface area contributed by atoms with Gasteiger partial charge in [-0.25, -0.2) is 0 Å². The molecule has 0 unspecified atom stereocenters. The Bertz CT molecular complexity index is 764. The monoisotopic (exact) mass is 356 g/mol. The van der Waals surface area contributed by atoms with Crippen LogP contribution in [0.5, 0.6) is 0 Å². The fourth-order valence-corrected chi connectivity index (χ4v) is 3.81. The zero-order valence-corrected chi connectivity index (χ0v) is 14.6. The highest BCUT2D eigenvalue weighted by atomic mass is 32.1. The van der Waals surface area contributed by atoms with Gasteiger partial charge >= 0.3 is 11.8 Å². The van der Waals surface area contributed by atoms with Crippen molar-refractivity contribution in [1.29, 1.82) is 0 Å². The summed E-state index contributed by atoms with van der Waals surface area (Å²) in [4.78, 5) is 37.5. The van der Waals surface area contributed by atoms with Gasteiger partial charge < -0.3 is 10.6 Å². The van der Waals surface area contributed by atoms with Gasteiger partial charge in [0.1, 0.15) is 0 Å². The van der Waals surface area contributed by atoms with Gasteiger partial charge in [0.25, 0.3) is 0 Å². The highest BCUT2D eigenvalue weighted by Crippen LogP contribution is 2.20. The zero-order chi connectivity index (χ0) is 17.6. The molecule has 25 heavy (non-hydrogen) atoms. The number of carbonyl (C=O) groups excluding carboxylic acids is 3. The minimum Gasteiger partial charge on any atom is -0.345 e. The molecule has 2 aromatic rings. The maximum absolute atomic E-state index is 12.4. The second-order valence-electron chi connectivity index (χ2n) is 6.10. The van der Waals surface area contributed by atoms with Crippen molar-refractivity contribution in [3.63, 3.8) is 0 Å². The molecule has 2 N–H and O–H groups in total. The molecule has 0 atom stereocenters. The lowest BCUT2D eigenvalue weighted by Gasteiger charge is -2.11. The van der Waals surface area contributed by atoms with Gasteiger partial charge in [0, 0.05) is 16.5 Å². The topological polar surface area (TPSA) is 75.3 Å². The van der Waals surface area contributed by atoms with E-state index < -0.39 is 11.8 Å². The zero-order valence-electron chi connectivity index (χ0n) is 13.8. The summed E-state index contributed by atoms with van der Waals surface area (Å²) in [6.07, 6.45) is 4.07. The van der Waals surface area contributed by atoms with Crippen molar-refractivity contribution in [2.24, 2.45) is 0 Å². The first-order chi connectivity index (χ1) is 12.1. The molecule has 1 fully saturated rings. The summed E-state index contributed by atoms with van der Waals surface area (Å²) < 4.78 is 0. The molecule has 0 saturated heterocycles. The number of amides is 2. The van der Waals surface area contributed by atoms with E-state index in [1.54, 1.807) is 24.3 Å². The molecule has 0 radical (unpaired) electrons. The Morgan fingerprint density at radius 1 is 0.960 bits per heavy atom. The van der Waals surface area contributed by atoms with E-state index in [1.807, 2.05) is 18.2 Å². The molecular weight excluding hydrogens is 336 g/mol. The van der Waals surface area contributed by atoms with E-state index in [0.29, 0.717) is 10.4 Å². The SMILES string of the molecule is O=C(NCc1ccc(C(=O)c2ccccc2)s1)C(=O)NC1CCCC1. The second kappa shape index (κ2) is 8.07. The summed E-state index contributed by atoms with van der Waals surface area (Å²) in [5.41, 5.74) is 0.635. The fraction of sp³-hybridized carbons (Fsp3) is 0.316. The van der Waals surface area contributed by atoms with Crippen LogP contribution in [0.1, 0.15) is 45.8 Å². The average molecular weight is 356 g/mol. The number of ketones is 1. The van der Waals surface area contributed by atoms with Crippen LogP contribution in [0.3, 0.4) is 0 Å². The molecule has 6 heteroatoms. The molecule has 130 valence electrons. The Labute approximate surface area is 150 Å². The van der Waals surface area contributed by atoms with E-state index in [9.17, 15) is 14.4 Å². The van der Waals surface area contributed by atoms with Crippen molar-refractivity contribution in [3.8, 4) is 0 Å². The molecule has 1 aromatic heterocycles. The third-order valence-electron chi connectivity index (χ3n) is 4.24. The maximum atomic E-state index is 12.4. The van der Waals surface area contributed by atoms with Crippen LogP contribution >= 0.6 is 11.3 Å². The van der Waals surface area contributed by atoms with Crippen molar-refractivity contribution in [2.45, 2.75) is 38.3 Å². The summed E-state index contributed by atoms with van der Waals surface area (Å²) in [5.74, 6) is -1.25. The molecular formula is C19H20N2O3S. The van der Waals surface area contributed by atoms with Crippen molar-refractivity contribution >= 4 is 28.9 Å². The van der Waals surface area contributed by atoms with Gasteiger partial charge in [-0.2, -0.15) is 0 Å². The lowest BCUT2D eigenvalue weighted by molar-refractivity contribution is -0.139. The first-order valence-electron chi connectivity index (χ1n) is 8.40. The molecule has 1 saturated carbocycles. The number of benzene rings is 1. The number of carbonyl (C=O) groups is 3. The van der Waals surface area contributed by atoms with Crippen LogP contribution in [-0.4, -0.2) is 23.6 Å². The number of rotatable bonds is 5. The Hall–Kier alpha value is -2.47. The summed E-state index contributed by atoms with van der Waals surface area (Å²) in [7, 11) is 0. The number of nitrogens with one attached hydrogen (secondary N) is 2. The van der Waals surface area contributed by atoms with Crippen LogP contribution in [-0.2, 0) is 16.1 Å². The summed E-state index contributed by atoms with van der Waals surface area (Å²) in [6, 6.07) is 12.7. The van der Waals surface area contributed by atoms with Crippen LogP contribution in [0.4, 0.5) is 0 Å². The molecule has 0 spiro atoms. The van der Waals surface area contributed by atoms with Crippen LogP contribution < -0.4 is 10.6 Å². The van der Waals surface area contributed by atoms with Crippen molar-refractivity contribution < 1.29 is 14.4 Å². The molecule has 1 heterocycles. The number of hydrogen-bond acceptors (Lipinski definition) is 4. The maximum Gasteiger partial charge on any atom is 0.309 e. The predicted octanol–water partition coefficient (Wildman–Crippen LogP) is 2.65. The van der Waals surface area contributed by atoms with Gasteiger partial charge in [-0.15, -0.1) is 11.3 Å². The summed E-state index contributed by atoms with van der Waals surface area (Å²) >= 11 is 1.33. The highest BCUT2D eigenvalue weighted by molar-refractivity contribution is 7.14. The second-order valence-corrected chi connectivity index (χ2v) is 7.27. The van der Waals surface area contributed by atoms with Crippen LogP contribution in [0, 0.1) is 0 Å². The average Bonchev–Trinajstić information content (AvgIpc) is 3.31. The van der Waals surface area contributed by atoms with Crippen LogP contribution in [0.15, 0.2) is 42.5 Å². The lowest BCUT2D eigenvalue weighted by Crippen LogP contribution is -2.43. The van der Waals surface area contributed by atoms with Crippen LogP contribution in [0.25, 0.3) is 0 Å². The molecule has 1 aliphatic rings. The lowest BCUT2D eigenvalue weighted by atomic mass is 10.1. The first-order valence-corrected chi connectivity index (χ1v) is 9.22. The van der Waals surface area contributed by atoms with Gasteiger partial charge in [0.05, 0.1) is 11.4 Å². The molecule has 3 rings (SSSR count). The minimum absolute atomic E-state index is 0.0397. The standard InChI is InChI=1S/C19H20N2O3S/c22-17(13-6-2-1-3-7-13)16-11-10-15(25-16)12-20-18(23)19(24)21-14-8-4-5-9-14/h1-3,6-7,10-11,14H,4-5,8-9,12H2,(H,20,23)(H,21,24). The molecule has 0 bridgehead atoms. The Kier molecular flexibility index (Phi) is 5.60. The number of hydrogen-bond donors (Lipinski definition) is 2. The number of thiophene rings is 1. The highest BCUT2D eigenvalue weighted by Gasteiger charge is 2.21. The van der Waals surface area contributed by atoms with Gasteiger partial charge in [0.2, 0.25) is 5.78 Å². The van der Waals surface area contributed by atoms with Crippen molar-refractivity contribution in [3.05, 3.63) is 57.8 Å². The van der Waals surface area contributed by atoms with Crippen molar-refractivity contribution in [2.75, 3.05) is 0 Å². The van der Waals surface area contributed by atoms with E-state index in [2.05, 4.69) is 10.6 Å². The Morgan fingerprint density at radius 3 is 2.40 bits per heavy atom. The van der Waals surface area contributed by atoms with Gasteiger partial charge in [-0.05, 0) is 25.0 Å². The van der Waals surface area contributed by atoms with E-state index in [4.69, 9.17) is 0 Å². The van der Waals surface area contributed by atoms with Gasteiger partial charge in [-0.3, -0.25) is 14.4 Å². The molecule has 2 amide bonds. The Morgan fingerprint density at radius 2 is 1.68 bits per heavy atom. The molecule has 1 aliphatic carbocycles. The van der Waals surface area contributed by atoms with E-state index >= 15 is 0 Å². The predicted molar refractivity (Wildman–Crippen MR) is 96.4 cm³/mol. The molecule has 0 aliphatic heterocycles. The van der Waals surface area contributed by atoms with Crippen LogP contribution in [0.2, 0.25) is 0 Å². The van der Waals surface area contributed by atoms with Gasteiger partial charge in [0.15, 0.2) is 0 Å². The largest absolute Gasteiger partial charge is 0.345 e.